The van der Waals surface area contributed by atoms with E-state index in [9.17, 15) is 19.5 Å². The molecule has 1 unspecified atom stereocenters. The summed E-state index contributed by atoms with van der Waals surface area (Å²) in [7, 11) is 0. The van der Waals surface area contributed by atoms with Crippen LogP contribution in [0.1, 0.15) is 26.7 Å². The average Bonchev–Trinajstić information content (AvgIpc) is 2.77. The third kappa shape index (κ3) is 4.64. The predicted molar refractivity (Wildman–Crippen MR) is 75.0 cm³/mol. The van der Waals surface area contributed by atoms with Gasteiger partial charge >= 0.3 is 0 Å². The maximum atomic E-state index is 11.7. The van der Waals surface area contributed by atoms with Crippen LogP contribution in [0.25, 0.3) is 0 Å². The lowest BCUT2D eigenvalue weighted by Gasteiger charge is -2.27. The average molecular weight is 298 g/mol. The molecule has 1 atom stereocenters. The number of unbranched alkanes of at least 4 members (excludes halogenated alkanes) is 1. The van der Waals surface area contributed by atoms with Gasteiger partial charge in [0.05, 0.1) is 6.61 Å². The molecule has 1 aliphatic rings. The van der Waals surface area contributed by atoms with E-state index in [1.54, 1.807) is 13.8 Å². The first-order valence-corrected chi connectivity index (χ1v) is 6.90. The van der Waals surface area contributed by atoms with Gasteiger partial charge in [-0.15, -0.1) is 0 Å². The van der Waals surface area contributed by atoms with Crippen molar-refractivity contribution < 1.29 is 24.6 Å². The lowest BCUT2D eigenvalue weighted by atomic mass is 9.87. The first kappa shape index (κ1) is 17.3. The van der Waals surface area contributed by atoms with Crippen LogP contribution < -0.4 is 5.32 Å². The predicted octanol–water partition coefficient (Wildman–Crippen LogP) is -0.813. The van der Waals surface area contributed by atoms with E-state index >= 15 is 0 Å². The zero-order chi connectivity index (χ0) is 16.0. The molecule has 21 heavy (non-hydrogen) atoms. The van der Waals surface area contributed by atoms with Gasteiger partial charge in [-0.25, -0.2) is 0 Å². The number of rotatable bonds is 8. The molecule has 0 aromatic rings. The number of aliphatic hydroxyl groups is 2. The number of imide groups is 1. The lowest BCUT2D eigenvalue weighted by molar-refractivity contribution is -0.138. The van der Waals surface area contributed by atoms with Crippen LogP contribution in [0.5, 0.6) is 0 Å². The molecule has 0 aliphatic carbocycles. The first-order valence-electron chi connectivity index (χ1n) is 6.90. The summed E-state index contributed by atoms with van der Waals surface area (Å²) in [4.78, 5) is 35.4. The molecule has 0 saturated carbocycles. The van der Waals surface area contributed by atoms with Crippen LogP contribution in [0, 0.1) is 5.41 Å². The second kappa shape index (κ2) is 7.33. The molecular formula is C14H22N2O5. The number of carbonyl (C=O) groups is 3. The summed E-state index contributed by atoms with van der Waals surface area (Å²) in [6, 6.07) is 0. The van der Waals surface area contributed by atoms with E-state index in [0.29, 0.717) is 25.9 Å². The number of amides is 3. The topological polar surface area (TPSA) is 107 Å². The van der Waals surface area contributed by atoms with Crippen LogP contribution in [0.3, 0.4) is 0 Å². The number of nitrogens with one attached hydrogen (secondary N) is 1. The Morgan fingerprint density at radius 1 is 1.29 bits per heavy atom. The Hall–Kier alpha value is -1.73. The summed E-state index contributed by atoms with van der Waals surface area (Å²) in [6.07, 6.45) is 2.33. The van der Waals surface area contributed by atoms with Crippen molar-refractivity contribution in [1.82, 2.24) is 10.2 Å². The molecule has 3 amide bonds. The van der Waals surface area contributed by atoms with E-state index in [1.165, 1.54) is 12.2 Å². The van der Waals surface area contributed by atoms with E-state index in [-0.39, 0.29) is 18.4 Å². The van der Waals surface area contributed by atoms with Crippen molar-refractivity contribution in [3.8, 4) is 0 Å². The van der Waals surface area contributed by atoms with Crippen molar-refractivity contribution in [3.05, 3.63) is 12.2 Å². The number of aliphatic hydroxyl groups excluding tert-OH is 2. The summed E-state index contributed by atoms with van der Waals surface area (Å²) >= 11 is 0. The Kier molecular flexibility index (Phi) is 6.04. The van der Waals surface area contributed by atoms with Gasteiger partial charge in [0.25, 0.3) is 11.8 Å². The van der Waals surface area contributed by atoms with Crippen molar-refractivity contribution in [2.45, 2.75) is 32.8 Å². The van der Waals surface area contributed by atoms with Crippen LogP contribution in [-0.4, -0.2) is 58.6 Å². The number of nitrogens with zero attached hydrogens (tertiary/aromatic N) is 1. The van der Waals surface area contributed by atoms with Gasteiger partial charge in [-0.2, -0.15) is 0 Å². The Morgan fingerprint density at radius 2 is 1.86 bits per heavy atom. The van der Waals surface area contributed by atoms with Gasteiger partial charge < -0.3 is 15.5 Å². The van der Waals surface area contributed by atoms with Crippen molar-refractivity contribution in [2.24, 2.45) is 5.41 Å². The molecule has 1 aliphatic heterocycles. The minimum absolute atomic E-state index is 0.298. The van der Waals surface area contributed by atoms with Gasteiger partial charge in [-0.1, -0.05) is 13.8 Å². The molecule has 0 aromatic carbocycles. The molecule has 0 fully saturated rings. The molecule has 0 spiro atoms. The minimum Gasteiger partial charge on any atom is -0.396 e. The molecular weight excluding hydrogens is 276 g/mol. The molecule has 0 bridgehead atoms. The van der Waals surface area contributed by atoms with Crippen LogP contribution in [0.15, 0.2) is 12.2 Å². The van der Waals surface area contributed by atoms with Crippen LogP contribution in [-0.2, 0) is 14.4 Å². The quantitative estimate of drug-likeness (QED) is 0.401. The highest BCUT2D eigenvalue weighted by atomic mass is 16.3. The fraction of sp³-hybridized carbons (Fsp3) is 0.643. The number of hydrogen-bond donors (Lipinski definition) is 3. The third-order valence-corrected chi connectivity index (χ3v) is 3.40. The van der Waals surface area contributed by atoms with Gasteiger partial charge in [0.2, 0.25) is 5.91 Å². The van der Waals surface area contributed by atoms with E-state index in [1.807, 2.05) is 0 Å². The molecule has 0 saturated heterocycles. The summed E-state index contributed by atoms with van der Waals surface area (Å²) in [5, 5.41) is 21.4. The monoisotopic (exact) mass is 298 g/mol. The molecule has 118 valence electrons. The van der Waals surface area contributed by atoms with Gasteiger partial charge in [0.15, 0.2) is 0 Å². The zero-order valence-corrected chi connectivity index (χ0v) is 12.3. The fourth-order valence-corrected chi connectivity index (χ4v) is 1.80. The Bertz CT molecular complexity index is 427. The Balaban J connectivity index is 2.21. The summed E-state index contributed by atoms with van der Waals surface area (Å²) in [5.74, 6) is -1.17. The number of carbonyl (C=O) groups excluding carboxylic acids is 3. The van der Waals surface area contributed by atoms with Crippen LogP contribution in [0.2, 0.25) is 0 Å². The highest BCUT2D eigenvalue weighted by Gasteiger charge is 2.32. The van der Waals surface area contributed by atoms with Crippen molar-refractivity contribution in [1.29, 1.82) is 0 Å². The second-order valence-corrected chi connectivity index (χ2v) is 5.71. The largest absolute Gasteiger partial charge is 0.396 e. The highest BCUT2D eigenvalue weighted by molar-refractivity contribution is 6.12. The molecule has 7 heteroatoms. The van der Waals surface area contributed by atoms with Crippen LogP contribution in [0.4, 0.5) is 0 Å². The smallest absolute Gasteiger partial charge is 0.253 e. The molecule has 0 radical (unpaired) electrons. The molecule has 7 nitrogen and oxygen atoms in total. The lowest BCUT2D eigenvalue weighted by Crippen LogP contribution is -2.45. The molecule has 3 N–H and O–H groups in total. The van der Waals surface area contributed by atoms with E-state index in [0.717, 1.165) is 4.90 Å². The van der Waals surface area contributed by atoms with E-state index in [2.05, 4.69) is 5.32 Å². The third-order valence-electron chi connectivity index (χ3n) is 3.40. The number of hydrogen-bond acceptors (Lipinski definition) is 5. The minimum atomic E-state index is -1.28. The SMILES string of the molecule is CC(C)(CO)C(O)C(=O)NCCCCN1C(=O)C=CC1=O. The first-order chi connectivity index (χ1) is 9.79. The fourth-order valence-electron chi connectivity index (χ4n) is 1.80. The zero-order valence-electron chi connectivity index (χ0n) is 12.3. The maximum Gasteiger partial charge on any atom is 0.253 e. The summed E-state index contributed by atoms with van der Waals surface area (Å²) in [5.41, 5.74) is -0.899. The highest BCUT2D eigenvalue weighted by Crippen LogP contribution is 2.19. The van der Waals surface area contributed by atoms with Crippen molar-refractivity contribution in [2.75, 3.05) is 19.7 Å². The van der Waals surface area contributed by atoms with Gasteiger partial charge in [0.1, 0.15) is 6.10 Å². The van der Waals surface area contributed by atoms with Gasteiger partial charge in [-0.3, -0.25) is 19.3 Å². The van der Waals surface area contributed by atoms with Crippen molar-refractivity contribution >= 4 is 17.7 Å². The van der Waals surface area contributed by atoms with Gasteiger partial charge in [0, 0.05) is 30.7 Å². The maximum absolute atomic E-state index is 11.7. The molecule has 0 aromatic heterocycles. The molecule has 1 heterocycles. The van der Waals surface area contributed by atoms with Crippen LogP contribution >= 0.6 is 0 Å². The second-order valence-electron chi connectivity index (χ2n) is 5.71. The van der Waals surface area contributed by atoms with Gasteiger partial charge in [-0.05, 0) is 12.8 Å². The van der Waals surface area contributed by atoms with Crippen molar-refractivity contribution in [3.63, 3.8) is 0 Å². The Morgan fingerprint density at radius 3 is 2.38 bits per heavy atom. The van der Waals surface area contributed by atoms with E-state index < -0.39 is 17.4 Å². The summed E-state index contributed by atoms with van der Waals surface area (Å²) in [6.45, 7) is 3.53. The van der Waals surface area contributed by atoms with E-state index in [4.69, 9.17) is 5.11 Å². The normalized spacial score (nSPS) is 16.5. The molecule has 1 rings (SSSR count). The summed E-state index contributed by atoms with van der Waals surface area (Å²) < 4.78 is 0. The Labute approximate surface area is 123 Å². The standard InChI is InChI=1S/C14H22N2O5/c1-14(2,9-17)12(20)13(21)15-7-3-4-8-16-10(18)5-6-11(16)19/h5-6,12,17,20H,3-4,7-9H2,1-2H3,(H,15,21).